The van der Waals surface area contributed by atoms with Crippen molar-refractivity contribution in [3.05, 3.63) is 89.2 Å². The van der Waals surface area contributed by atoms with Gasteiger partial charge in [0.1, 0.15) is 19.0 Å². The topological polar surface area (TPSA) is 101 Å². The van der Waals surface area contributed by atoms with Gasteiger partial charge in [-0.1, -0.05) is 41.9 Å². The van der Waals surface area contributed by atoms with Gasteiger partial charge in [-0.05, 0) is 77.4 Å². The molecule has 3 aromatic rings. The SMILES string of the molecule is CC(C)(C)NC(=O)CCN(C(=O)c1cc(Cl)cc(OCCN(C(=O)OCc2ccccc2)c2ccncc2)c1)C(C)(C)C. The zero-order valence-corrected chi connectivity index (χ0v) is 26.5. The maximum Gasteiger partial charge on any atom is 0.414 e. The third kappa shape index (κ3) is 10.9. The predicted octanol–water partition coefficient (Wildman–Crippen LogP) is 6.50. The number of rotatable bonds is 11. The first kappa shape index (κ1) is 33.4. The number of hydrogen-bond donors (Lipinski definition) is 1. The van der Waals surface area contributed by atoms with Crippen LogP contribution in [0.25, 0.3) is 0 Å². The minimum atomic E-state index is -0.548. The van der Waals surface area contributed by atoms with Gasteiger partial charge < -0.3 is 19.7 Å². The van der Waals surface area contributed by atoms with E-state index in [4.69, 9.17) is 21.1 Å². The summed E-state index contributed by atoms with van der Waals surface area (Å²) in [4.78, 5) is 46.3. The van der Waals surface area contributed by atoms with Crippen LogP contribution >= 0.6 is 11.6 Å². The Morgan fingerprint density at radius 3 is 2.21 bits per heavy atom. The van der Waals surface area contributed by atoms with E-state index < -0.39 is 11.6 Å². The summed E-state index contributed by atoms with van der Waals surface area (Å²) < 4.78 is 11.5. The van der Waals surface area contributed by atoms with Gasteiger partial charge >= 0.3 is 6.09 Å². The maximum atomic E-state index is 13.6. The van der Waals surface area contributed by atoms with Gasteiger partial charge in [-0.2, -0.15) is 0 Å². The molecular weight excluding hydrogens is 568 g/mol. The molecule has 9 nitrogen and oxygen atoms in total. The predicted molar refractivity (Wildman–Crippen MR) is 168 cm³/mol. The van der Waals surface area contributed by atoms with E-state index >= 15 is 0 Å². The Hall–Kier alpha value is -4.11. The van der Waals surface area contributed by atoms with Crippen LogP contribution in [0.3, 0.4) is 0 Å². The number of carbonyl (C=O) groups is 3. The second kappa shape index (κ2) is 14.9. The van der Waals surface area contributed by atoms with E-state index in [1.165, 1.54) is 4.90 Å². The summed E-state index contributed by atoms with van der Waals surface area (Å²) in [6, 6.07) is 17.7. The number of nitrogens with one attached hydrogen (secondary N) is 1. The van der Waals surface area contributed by atoms with E-state index in [1.807, 2.05) is 71.9 Å². The molecule has 3 rings (SSSR count). The molecule has 10 heteroatoms. The third-order valence-electron chi connectivity index (χ3n) is 6.23. The van der Waals surface area contributed by atoms with Crippen molar-refractivity contribution in [3.63, 3.8) is 0 Å². The Bertz CT molecular complexity index is 1370. The fourth-order valence-electron chi connectivity index (χ4n) is 4.26. The van der Waals surface area contributed by atoms with E-state index in [0.717, 1.165) is 5.56 Å². The van der Waals surface area contributed by atoms with Crippen LogP contribution in [0, 0.1) is 0 Å². The fraction of sp³-hybridized carbons (Fsp3) is 0.394. The van der Waals surface area contributed by atoms with Crippen molar-refractivity contribution in [2.75, 3.05) is 24.6 Å². The first-order chi connectivity index (χ1) is 20.2. The van der Waals surface area contributed by atoms with Crippen molar-refractivity contribution in [2.45, 2.75) is 65.6 Å². The number of pyridine rings is 1. The number of aromatic nitrogens is 1. The number of nitrogens with zero attached hydrogens (tertiary/aromatic N) is 3. The molecule has 0 unspecified atom stereocenters. The maximum absolute atomic E-state index is 13.6. The lowest BCUT2D eigenvalue weighted by Crippen LogP contribution is -2.48. The summed E-state index contributed by atoms with van der Waals surface area (Å²) in [6.45, 7) is 12.1. The van der Waals surface area contributed by atoms with Crippen LogP contribution in [0.15, 0.2) is 73.1 Å². The van der Waals surface area contributed by atoms with E-state index in [1.54, 1.807) is 47.6 Å². The van der Waals surface area contributed by atoms with E-state index in [9.17, 15) is 14.4 Å². The van der Waals surface area contributed by atoms with Gasteiger partial charge in [0, 0.05) is 47.0 Å². The van der Waals surface area contributed by atoms with Crippen LogP contribution in [0.4, 0.5) is 10.5 Å². The van der Waals surface area contributed by atoms with Crippen LogP contribution in [-0.2, 0) is 16.1 Å². The highest BCUT2D eigenvalue weighted by molar-refractivity contribution is 6.31. The summed E-state index contributed by atoms with van der Waals surface area (Å²) >= 11 is 6.39. The summed E-state index contributed by atoms with van der Waals surface area (Å²) in [5.74, 6) is -0.0282. The van der Waals surface area contributed by atoms with Crippen molar-refractivity contribution in [1.29, 1.82) is 0 Å². The molecule has 0 aliphatic rings. The monoisotopic (exact) mass is 608 g/mol. The number of ether oxygens (including phenoxy) is 2. The zero-order valence-electron chi connectivity index (χ0n) is 25.7. The van der Waals surface area contributed by atoms with Crippen LogP contribution in [-0.4, -0.2) is 58.6 Å². The number of anilines is 1. The smallest absolute Gasteiger partial charge is 0.414 e. The van der Waals surface area contributed by atoms with Crippen molar-refractivity contribution < 1.29 is 23.9 Å². The van der Waals surface area contributed by atoms with E-state index in [2.05, 4.69) is 10.3 Å². The lowest BCUT2D eigenvalue weighted by molar-refractivity contribution is -0.122. The highest BCUT2D eigenvalue weighted by Gasteiger charge is 2.29. The van der Waals surface area contributed by atoms with Crippen LogP contribution in [0.1, 0.15) is 63.9 Å². The molecule has 0 saturated heterocycles. The lowest BCUT2D eigenvalue weighted by Gasteiger charge is -2.36. The first-order valence-electron chi connectivity index (χ1n) is 14.2. The molecule has 3 amide bonds. The molecule has 1 aromatic heterocycles. The minimum Gasteiger partial charge on any atom is -0.492 e. The highest BCUT2D eigenvalue weighted by atomic mass is 35.5. The molecule has 0 fully saturated rings. The van der Waals surface area contributed by atoms with Gasteiger partial charge in [0.15, 0.2) is 0 Å². The van der Waals surface area contributed by atoms with Gasteiger partial charge in [-0.25, -0.2) is 4.79 Å². The van der Waals surface area contributed by atoms with E-state index in [-0.39, 0.29) is 50.1 Å². The average Bonchev–Trinajstić information content (AvgIpc) is 2.93. The van der Waals surface area contributed by atoms with Crippen LogP contribution in [0.2, 0.25) is 5.02 Å². The summed E-state index contributed by atoms with van der Waals surface area (Å²) in [5.41, 5.74) is 0.903. The largest absolute Gasteiger partial charge is 0.492 e. The second-order valence-electron chi connectivity index (χ2n) is 12.1. The van der Waals surface area contributed by atoms with Crippen LogP contribution in [0.5, 0.6) is 5.75 Å². The molecule has 0 atom stereocenters. The molecule has 2 aromatic carbocycles. The molecule has 0 spiro atoms. The summed E-state index contributed by atoms with van der Waals surface area (Å²) in [5, 5.41) is 3.26. The Kier molecular flexibility index (Phi) is 11.5. The lowest BCUT2D eigenvalue weighted by atomic mass is 10.0. The molecule has 0 aliphatic heterocycles. The normalized spacial score (nSPS) is 11.4. The van der Waals surface area contributed by atoms with Gasteiger partial charge in [-0.15, -0.1) is 0 Å². The number of amides is 3. The van der Waals surface area contributed by atoms with Gasteiger partial charge in [0.05, 0.1) is 12.2 Å². The molecular formula is C33H41ClN4O5. The number of benzene rings is 2. The molecule has 0 aliphatic carbocycles. The van der Waals surface area contributed by atoms with Gasteiger partial charge in [-0.3, -0.25) is 19.5 Å². The quantitative estimate of drug-likeness (QED) is 0.267. The molecule has 0 saturated carbocycles. The highest BCUT2D eigenvalue weighted by Crippen LogP contribution is 2.25. The second-order valence-corrected chi connectivity index (χ2v) is 12.5. The van der Waals surface area contributed by atoms with Crippen molar-refractivity contribution in [3.8, 4) is 5.75 Å². The molecule has 43 heavy (non-hydrogen) atoms. The summed E-state index contributed by atoms with van der Waals surface area (Å²) in [7, 11) is 0. The molecule has 0 radical (unpaired) electrons. The Labute approximate surface area is 259 Å². The first-order valence-corrected chi connectivity index (χ1v) is 14.6. The Morgan fingerprint density at radius 2 is 1.58 bits per heavy atom. The molecule has 230 valence electrons. The standard InChI is InChI=1S/C33H41ClN4O5/c1-32(2,3)36-29(39)14-17-38(33(4,5)6)30(40)25-20-26(34)22-28(21-25)42-19-18-37(27-12-15-35-16-13-27)31(41)43-23-24-10-8-7-9-11-24/h7-13,15-16,20-22H,14,17-19,23H2,1-6H3,(H,36,39). The van der Waals surface area contributed by atoms with Crippen molar-refractivity contribution in [1.82, 2.24) is 15.2 Å². The number of halogens is 1. The van der Waals surface area contributed by atoms with Crippen molar-refractivity contribution in [2.24, 2.45) is 0 Å². The summed E-state index contributed by atoms with van der Waals surface area (Å²) in [6.07, 6.45) is 2.82. The van der Waals surface area contributed by atoms with E-state index in [0.29, 0.717) is 22.0 Å². The van der Waals surface area contributed by atoms with Crippen molar-refractivity contribution >= 4 is 35.2 Å². The van der Waals surface area contributed by atoms with Gasteiger partial charge in [0.25, 0.3) is 5.91 Å². The Balaban J connectivity index is 1.70. The minimum absolute atomic E-state index is 0.104. The number of carbonyl (C=O) groups excluding carboxylic acids is 3. The third-order valence-corrected chi connectivity index (χ3v) is 6.45. The molecule has 1 heterocycles. The molecule has 0 bridgehead atoms. The van der Waals surface area contributed by atoms with Gasteiger partial charge in [0.2, 0.25) is 5.91 Å². The Morgan fingerprint density at radius 1 is 0.907 bits per heavy atom. The molecule has 1 N–H and O–H groups in total. The van der Waals surface area contributed by atoms with Crippen LogP contribution < -0.4 is 15.0 Å². The number of hydrogen-bond acceptors (Lipinski definition) is 6. The average molecular weight is 609 g/mol. The fourth-order valence-corrected chi connectivity index (χ4v) is 4.49. The zero-order chi connectivity index (χ0) is 31.6.